The Labute approximate surface area is 181 Å². The molecule has 5 nitrogen and oxygen atoms in total. The molecular formula is C25H38N2O3. The highest BCUT2D eigenvalue weighted by atomic mass is 16.5. The molecule has 1 atom stereocenters. The standard InChI is InChI=1S/C25H38N2O3/c1-8-27(9-2)13-11-12-19(6)26-23(28)14-17(4)21-15-22-18(5)16-30-25(22)20(7)24(21)29-10-3/h14-16,19H,8-13H2,1-7H3,(H,26,28)/b17-14+. The van der Waals surface area contributed by atoms with E-state index in [1.54, 1.807) is 12.3 Å². The lowest BCUT2D eigenvalue weighted by atomic mass is 9.98. The minimum atomic E-state index is -0.0630. The highest BCUT2D eigenvalue weighted by Crippen LogP contribution is 2.37. The maximum atomic E-state index is 12.6. The first kappa shape index (κ1) is 24.0. The Bertz CT molecular complexity index is 878. The van der Waals surface area contributed by atoms with Gasteiger partial charge in [0.05, 0.1) is 12.9 Å². The monoisotopic (exact) mass is 414 g/mol. The van der Waals surface area contributed by atoms with Crippen molar-refractivity contribution in [3.05, 3.63) is 35.1 Å². The van der Waals surface area contributed by atoms with Crippen molar-refractivity contribution < 1.29 is 13.9 Å². The third kappa shape index (κ3) is 5.88. The van der Waals surface area contributed by atoms with E-state index in [1.807, 2.05) is 27.7 Å². The summed E-state index contributed by atoms with van der Waals surface area (Å²) in [6, 6.07) is 2.21. The lowest BCUT2D eigenvalue weighted by Gasteiger charge is -2.19. The molecule has 0 saturated carbocycles. The molecule has 0 aliphatic carbocycles. The van der Waals surface area contributed by atoms with Crippen molar-refractivity contribution in [2.45, 2.75) is 67.3 Å². The topological polar surface area (TPSA) is 54.7 Å². The van der Waals surface area contributed by atoms with Gasteiger partial charge in [0.2, 0.25) is 5.91 Å². The zero-order valence-electron chi connectivity index (χ0n) is 19.7. The van der Waals surface area contributed by atoms with Crippen LogP contribution in [0.3, 0.4) is 0 Å². The number of ether oxygens (including phenoxy) is 1. The van der Waals surface area contributed by atoms with Crippen LogP contribution in [0.5, 0.6) is 5.75 Å². The number of carbonyl (C=O) groups excluding carboxylic acids is 1. The number of fused-ring (bicyclic) bond motifs is 1. The predicted octanol–water partition coefficient (Wildman–Crippen LogP) is 5.48. The van der Waals surface area contributed by atoms with Gasteiger partial charge in [-0.3, -0.25) is 4.79 Å². The second-order valence-corrected chi connectivity index (χ2v) is 8.01. The molecule has 2 rings (SSSR count). The Kier molecular flexibility index (Phi) is 8.97. The van der Waals surface area contributed by atoms with Crippen molar-refractivity contribution in [1.82, 2.24) is 10.2 Å². The largest absolute Gasteiger partial charge is 0.493 e. The summed E-state index contributed by atoms with van der Waals surface area (Å²) in [5.41, 5.74) is 4.72. The van der Waals surface area contributed by atoms with Gasteiger partial charge in [0.1, 0.15) is 11.3 Å². The predicted molar refractivity (Wildman–Crippen MR) is 125 cm³/mol. The molecule has 0 fully saturated rings. The van der Waals surface area contributed by atoms with E-state index < -0.39 is 0 Å². The van der Waals surface area contributed by atoms with Crippen LogP contribution in [-0.2, 0) is 4.79 Å². The van der Waals surface area contributed by atoms with Crippen LogP contribution in [0.25, 0.3) is 16.5 Å². The number of furan rings is 1. The van der Waals surface area contributed by atoms with Crippen LogP contribution < -0.4 is 10.1 Å². The Morgan fingerprint density at radius 2 is 1.97 bits per heavy atom. The number of hydrogen-bond donors (Lipinski definition) is 1. The number of carbonyl (C=O) groups is 1. The Morgan fingerprint density at radius 1 is 1.27 bits per heavy atom. The van der Waals surface area contributed by atoms with Crippen molar-refractivity contribution in [3.8, 4) is 5.75 Å². The summed E-state index contributed by atoms with van der Waals surface area (Å²) < 4.78 is 11.7. The van der Waals surface area contributed by atoms with E-state index >= 15 is 0 Å². The fraction of sp³-hybridized carbons (Fsp3) is 0.560. The van der Waals surface area contributed by atoms with Crippen LogP contribution in [-0.4, -0.2) is 43.1 Å². The summed E-state index contributed by atoms with van der Waals surface area (Å²) in [7, 11) is 0. The van der Waals surface area contributed by atoms with Crippen molar-refractivity contribution >= 4 is 22.4 Å². The summed E-state index contributed by atoms with van der Waals surface area (Å²) >= 11 is 0. The fourth-order valence-corrected chi connectivity index (χ4v) is 3.85. The zero-order chi connectivity index (χ0) is 22.3. The van der Waals surface area contributed by atoms with Crippen LogP contribution in [0, 0.1) is 13.8 Å². The zero-order valence-corrected chi connectivity index (χ0v) is 19.7. The molecule has 0 saturated heterocycles. The third-order valence-corrected chi connectivity index (χ3v) is 5.69. The van der Waals surface area contributed by atoms with Gasteiger partial charge in [-0.25, -0.2) is 0 Å². The minimum Gasteiger partial charge on any atom is -0.493 e. The molecule has 0 radical (unpaired) electrons. The van der Waals surface area contributed by atoms with E-state index in [0.717, 1.165) is 71.5 Å². The first-order valence-corrected chi connectivity index (χ1v) is 11.2. The third-order valence-electron chi connectivity index (χ3n) is 5.69. The van der Waals surface area contributed by atoms with Gasteiger partial charge in [-0.15, -0.1) is 0 Å². The number of aryl methyl sites for hydroxylation is 2. The summed E-state index contributed by atoms with van der Waals surface area (Å²) in [5.74, 6) is 0.722. The number of amides is 1. The molecule has 1 amide bonds. The lowest BCUT2D eigenvalue weighted by Crippen LogP contribution is -2.32. The van der Waals surface area contributed by atoms with Gasteiger partial charge in [-0.1, -0.05) is 13.8 Å². The summed E-state index contributed by atoms with van der Waals surface area (Å²) in [6.45, 7) is 18.2. The van der Waals surface area contributed by atoms with E-state index in [4.69, 9.17) is 9.15 Å². The molecule has 0 spiro atoms. The molecule has 5 heteroatoms. The first-order chi connectivity index (χ1) is 14.3. The van der Waals surface area contributed by atoms with Gasteiger partial charge < -0.3 is 19.4 Å². The van der Waals surface area contributed by atoms with Gasteiger partial charge in [0.15, 0.2) is 0 Å². The van der Waals surface area contributed by atoms with E-state index in [-0.39, 0.29) is 11.9 Å². The minimum absolute atomic E-state index is 0.0630. The second-order valence-electron chi connectivity index (χ2n) is 8.01. The molecule has 1 aromatic carbocycles. The Morgan fingerprint density at radius 3 is 2.60 bits per heavy atom. The smallest absolute Gasteiger partial charge is 0.244 e. The van der Waals surface area contributed by atoms with Gasteiger partial charge in [0, 0.05) is 28.6 Å². The van der Waals surface area contributed by atoms with E-state index in [0.29, 0.717) is 6.61 Å². The quantitative estimate of drug-likeness (QED) is 0.495. The average Bonchev–Trinajstić information content (AvgIpc) is 3.08. The lowest BCUT2D eigenvalue weighted by molar-refractivity contribution is -0.117. The van der Waals surface area contributed by atoms with Crippen LogP contribution >= 0.6 is 0 Å². The normalized spacial score (nSPS) is 13.1. The highest BCUT2D eigenvalue weighted by Gasteiger charge is 2.17. The molecule has 1 aromatic heterocycles. The number of nitrogens with one attached hydrogen (secondary N) is 1. The van der Waals surface area contributed by atoms with Gasteiger partial charge in [0.25, 0.3) is 0 Å². The highest BCUT2D eigenvalue weighted by molar-refractivity contribution is 5.98. The molecule has 2 aromatic rings. The average molecular weight is 415 g/mol. The summed E-state index contributed by atoms with van der Waals surface area (Å²) in [6.07, 6.45) is 5.50. The number of rotatable bonds is 11. The van der Waals surface area contributed by atoms with E-state index in [1.165, 1.54) is 0 Å². The number of benzene rings is 1. The van der Waals surface area contributed by atoms with E-state index in [2.05, 4.69) is 37.1 Å². The van der Waals surface area contributed by atoms with Crippen LogP contribution in [0.1, 0.15) is 64.2 Å². The molecule has 166 valence electrons. The number of hydrogen-bond acceptors (Lipinski definition) is 4. The molecule has 1 N–H and O–H groups in total. The molecular weight excluding hydrogens is 376 g/mol. The summed E-state index contributed by atoms with van der Waals surface area (Å²) in [4.78, 5) is 15.0. The summed E-state index contributed by atoms with van der Waals surface area (Å²) in [5, 5.41) is 4.17. The van der Waals surface area contributed by atoms with Crippen molar-refractivity contribution in [1.29, 1.82) is 0 Å². The second kappa shape index (κ2) is 11.2. The van der Waals surface area contributed by atoms with Crippen molar-refractivity contribution in [3.63, 3.8) is 0 Å². The van der Waals surface area contributed by atoms with Gasteiger partial charge >= 0.3 is 0 Å². The van der Waals surface area contributed by atoms with Crippen LogP contribution in [0.4, 0.5) is 0 Å². The molecule has 0 aliphatic heterocycles. The molecule has 30 heavy (non-hydrogen) atoms. The van der Waals surface area contributed by atoms with Crippen LogP contribution in [0.2, 0.25) is 0 Å². The molecule has 0 aliphatic rings. The molecule has 1 unspecified atom stereocenters. The van der Waals surface area contributed by atoms with Gasteiger partial charge in [-0.05, 0) is 84.3 Å². The van der Waals surface area contributed by atoms with Crippen molar-refractivity contribution in [2.24, 2.45) is 0 Å². The molecule has 1 heterocycles. The molecule has 0 bridgehead atoms. The van der Waals surface area contributed by atoms with Crippen LogP contribution in [0.15, 0.2) is 22.8 Å². The van der Waals surface area contributed by atoms with E-state index in [9.17, 15) is 4.79 Å². The Balaban J connectivity index is 2.13. The maximum Gasteiger partial charge on any atom is 0.244 e. The number of nitrogens with zero attached hydrogens (tertiary/aromatic N) is 1. The van der Waals surface area contributed by atoms with Crippen molar-refractivity contribution in [2.75, 3.05) is 26.2 Å². The SMILES string of the molecule is CCOc1c(/C(C)=C/C(=O)NC(C)CCCN(CC)CC)cc2c(C)coc2c1C. The van der Waals surface area contributed by atoms with Gasteiger partial charge in [-0.2, -0.15) is 0 Å². The first-order valence-electron chi connectivity index (χ1n) is 11.2. The fourth-order valence-electron chi connectivity index (χ4n) is 3.85. The maximum absolute atomic E-state index is 12.6. The Hall–Kier alpha value is -2.27. The number of allylic oxidation sites excluding steroid dienone is 1.